The van der Waals surface area contributed by atoms with Gasteiger partial charge in [0.25, 0.3) is 17.2 Å². The van der Waals surface area contributed by atoms with Crippen LogP contribution in [-0.4, -0.2) is 46.3 Å². The van der Waals surface area contributed by atoms with Crippen LogP contribution in [0.3, 0.4) is 0 Å². The van der Waals surface area contributed by atoms with Crippen LogP contribution in [0.2, 0.25) is 0 Å². The second kappa shape index (κ2) is 10.8. The van der Waals surface area contributed by atoms with Gasteiger partial charge in [-0.3, -0.25) is 24.0 Å². The third-order valence-corrected chi connectivity index (χ3v) is 5.73. The third-order valence-electron chi connectivity index (χ3n) is 5.73. The summed E-state index contributed by atoms with van der Waals surface area (Å²) in [6.45, 7) is 1.83. The number of nitrogens with one attached hydrogen (secondary N) is 2. The Balaban J connectivity index is 1.73. The number of methoxy groups -OCH3 is 1. The van der Waals surface area contributed by atoms with E-state index in [9.17, 15) is 28.8 Å². The summed E-state index contributed by atoms with van der Waals surface area (Å²) in [4.78, 5) is 83.0. The number of fused-ring (bicyclic) bond motifs is 1. The van der Waals surface area contributed by atoms with Crippen molar-refractivity contribution in [2.24, 2.45) is 0 Å². The summed E-state index contributed by atoms with van der Waals surface area (Å²) in [6, 6.07) is 19.3. The smallest absolute Gasteiger partial charge is 0.375 e. The molecule has 3 aromatic carbocycles. The van der Waals surface area contributed by atoms with Gasteiger partial charge in [0, 0.05) is 16.8 Å². The van der Waals surface area contributed by atoms with Crippen LogP contribution < -0.4 is 10.9 Å². The second-order valence-electron chi connectivity index (χ2n) is 8.35. The van der Waals surface area contributed by atoms with E-state index in [0.29, 0.717) is 5.56 Å². The number of esters is 1. The maximum atomic E-state index is 13.1. The molecule has 0 saturated heterocycles. The molecule has 4 aromatic rings. The van der Waals surface area contributed by atoms with Crippen LogP contribution in [0, 0.1) is 6.92 Å². The van der Waals surface area contributed by atoms with Gasteiger partial charge in [-0.25, -0.2) is 9.78 Å². The Morgan fingerprint density at radius 1 is 0.868 bits per heavy atom. The SMILES string of the molecule is COC(=O)C(=O)[C@H](C(=O)C(=O)Nc1ccc(C)cc1)c1nc2ccc(C(=O)c3ccccc3)cc2[nH]c1=O. The van der Waals surface area contributed by atoms with Crippen molar-refractivity contribution in [2.45, 2.75) is 12.8 Å². The number of amides is 1. The van der Waals surface area contributed by atoms with Gasteiger partial charge in [0.1, 0.15) is 11.6 Å². The number of anilines is 1. The van der Waals surface area contributed by atoms with Crippen molar-refractivity contribution in [3.63, 3.8) is 0 Å². The van der Waals surface area contributed by atoms with Gasteiger partial charge in [-0.05, 0) is 37.3 Å². The Labute approximate surface area is 215 Å². The Bertz CT molecular complexity index is 1640. The summed E-state index contributed by atoms with van der Waals surface area (Å²) >= 11 is 0. The standard InChI is InChI=1S/C28H21N3O7/c1-15-8-11-18(12-9-15)29-27(36)24(33)21(25(34)28(37)38-2)22-26(35)31-20-14-17(10-13-19(20)30-22)23(32)16-6-4-3-5-7-16/h3-14,21H,1-2H3,(H,29,36)(H,31,35)/t21-/m0/s1. The molecular weight excluding hydrogens is 490 g/mol. The number of aromatic nitrogens is 2. The number of rotatable bonds is 8. The minimum atomic E-state index is -2.15. The molecule has 0 fully saturated rings. The lowest BCUT2D eigenvalue weighted by Gasteiger charge is -2.13. The molecule has 0 saturated carbocycles. The zero-order valence-corrected chi connectivity index (χ0v) is 20.3. The largest absolute Gasteiger partial charge is 0.463 e. The first-order valence-electron chi connectivity index (χ1n) is 11.4. The van der Waals surface area contributed by atoms with Crippen LogP contribution in [0.15, 0.2) is 77.6 Å². The highest BCUT2D eigenvalue weighted by molar-refractivity contribution is 6.52. The highest BCUT2D eigenvalue weighted by Gasteiger charge is 2.40. The molecule has 10 nitrogen and oxygen atoms in total. The summed E-state index contributed by atoms with van der Waals surface area (Å²) in [5, 5.41) is 2.35. The van der Waals surface area contributed by atoms with Gasteiger partial charge in [-0.1, -0.05) is 48.0 Å². The van der Waals surface area contributed by atoms with Crippen molar-refractivity contribution < 1.29 is 28.7 Å². The van der Waals surface area contributed by atoms with E-state index in [1.54, 1.807) is 54.6 Å². The number of ketones is 3. The summed E-state index contributed by atoms with van der Waals surface area (Å²) in [5.41, 5.74) is 0.528. The number of hydrogen-bond donors (Lipinski definition) is 2. The summed E-state index contributed by atoms with van der Waals surface area (Å²) in [6.07, 6.45) is 0. The molecule has 10 heteroatoms. The normalized spacial score (nSPS) is 11.4. The lowest BCUT2D eigenvalue weighted by molar-refractivity contribution is -0.154. The fourth-order valence-corrected chi connectivity index (χ4v) is 3.74. The predicted molar refractivity (Wildman–Crippen MR) is 137 cm³/mol. The van der Waals surface area contributed by atoms with Crippen molar-refractivity contribution in [2.75, 3.05) is 12.4 Å². The number of hydrogen-bond acceptors (Lipinski definition) is 8. The minimum Gasteiger partial charge on any atom is -0.463 e. The quantitative estimate of drug-likeness (QED) is 0.158. The van der Waals surface area contributed by atoms with Gasteiger partial charge in [0.05, 0.1) is 18.1 Å². The first-order chi connectivity index (χ1) is 18.2. The molecule has 0 aliphatic rings. The van der Waals surface area contributed by atoms with E-state index in [2.05, 4.69) is 20.0 Å². The fraction of sp³-hybridized carbons (Fsp3) is 0.107. The summed E-state index contributed by atoms with van der Waals surface area (Å²) in [7, 11) is 0.928. The first kappa shape index (κ1) is 25.8. The number of ether oxygens (including phenoxy) is 1. The molecule has 0 unspecified atom stereocenters. The molecule has 0 aliphatic heterocycles. The number of H-pyrrole nitrogens is 1. The van der Waals surface area contributed by atoms with E-state index in [4.69, 9.17) is 0 Å². The molecule has 190 valence electrons. The van der Waals surface area contributed by atoms with Crippen LogP contribution in [0.5, 0.6) is 0 Å². The number of Topliss-reactive ketones (excluding diaryl/α,β-unsaturated/α-hetero) is 2. The molecule has 1 amide bonds. The van der Waals surface area contributed by atoms with E-state index in [1.165, 1.54) is 18.2 Å². The average molecular weight is 511 g/mol. The fourth-order valence-electron chi connectivity index (χ4n) is 3.74. The van der Waals surface area contributed by atoms with Gasteiger partial charge < -0.3 is 15.0 Å². The van der Waals surface area contributed by atoms with E-state index in [1.807, 2.05) is 6.92 Å². The lowest BCUT2D eigenvalue weighted by atomic mass is 9.94. The van der Waals surface area contributed by atoms with Crippen LogP contribution in [0.4, 0.5) is 5.69 Å². The van der Waals surface area contributed by atoms with Crippen molar-refractivity contribution >= 4 is 45.9 Å². The second-order valence-corrected chi connectivity index (χ2v) is 8.35. The summed E-state index contributed by atoms with van der Waals surface area (Å²) < 4.78 is 4.44. The molecule has 1 atom stereocenters. The van der Waals surface area contributed by atoms with E-state index < -0.39 is 40.6 Å². The molecule has 0 bridgehead atoms. The number of benzene rings is 3. The molecule has 0 spiro atoms. The molecule has 4 rings (SSSR count). The third kappa shape index (κ3) is 5.29. The molecule has 0 radical (unpaired) electrons. The number of carbonyl (C=O) groups excluding carboxylic acids is 5. The van der Waals surface area contributed by atoms with E-state index in [0.717, 1.165) is 12.7 Å². The minimum absolute atomic E-state index is 0.124. The Morgan fingerprint density at radius 3 is 2.21 bits per heavy atom. The van der Waals surface area contributed by atoms with Crippen molar-refractivity contribution in [3.05, 3.63) is 106 Å². The van der Waals surface area contributed by atoms with Gasteiger partial charge >= 0.3 is 5.97 Å². The highest BCUT2D eigenvalue weighted by atomic mass is 16.5. The molecule has 2 N–H and O–H groups in total. The van der Waals surface area contributed by atoms with E-state index in [-0.39, 0.29) is 28.1 Å². The summed E-state index contributed by atoms with van der Waals surface area (Å²) in [5.74, 6) is -7.87. The Hall–Kier alpha value is -5.25. The molecule has 38 heavy (non-hydrogen) atoms. The maximum Gasteiger partial charge on any atom is 0.375 e. The zero-order valence-electron chi connectivity index (χ0n) is 20.3. The van der Waals surface area contributed by atoms with Gasteiger partial charge in [0.15, 0.2) is 5.78 Å². The van der Waals surface area contributed by atoms with E-state index >= 15 is 0 Å². The zero-order chi connectivity index (χ0) is 27.4. The number of aryl methyl sites for hydroxylation is 1. The Morgan fingerprint density at radius 2 is 1.55 bits per heavy atom. The van der Waals surface area contributed by atoms with Gasteiger partial charge in [-0.2, -0.15) is 0 Å². The van der Waals surface area contributed by atoms with Crippen molar-refractivity contribution in [1.82, 2.24) is 9.97 Å². The van der Waals surface area contributed by atoms with Crippen LogP contribution in [0.25, 0.3) is 11.0 Å². The molecular formula is C28H21N3O7. The number of aromatic amines is 1. The average Bonchev–Trinajstić information content (AvgIpc) is 2.93. The van der Waals surface area contributed by atoms with Gasteiger partial charge in [-0.15, -0.1) is 0 Å². The first-order valence-corrected chi connectivity index (χ1v) is 11.4. The Kier molecular flexibility index (Phi) is 7.33. The van der Waals surface area contributed by atoms with Crippen LogP contribution >= 0.6 is 0 Å². The van der Waals surface area contributed by atoms with Crippen LogP contribution in [0.1, 0.15) is 33.1 Å². The van der Waals surface area contributed by atoms with Crippen molar-refractivity contribution in [3.8, 4) is 0 Å². The lowest BCUT2D eigenvalue weighted by Crippen LogP contribution is -2.39. The molecule has 0 aliphatic carbocycles. The number of nitrogens with zero attached hydrogens (tertiary/aromatic N) is 1. The monoisotopic (exact) mass is 511 g/mol. The molecule has 1 aromatic heterocycles. The highest BCUT2D eigenvalue weighted by Crippen LogP contribution is 2.20. The van der Waals surface area contributed by atoms with Gasteiger partial charge in [0.2, 0.25) is 5.78 Å². The topological polar surface area (TPSA) is 152 Å². The number of carbonyl (C=O) groups is 5. The van der Waals surface area contributed by atoms with Crippen molar-refractivity contribution in [1.29, 1.82) is 0 Å². The maximum absolute atomic E-state index is 13.1. The van der Waals surface area contributed by atoms with Crippen LogP contribution in [-0.2, 0) is 23.9 Å². The molecule has 1 heterocycles. The predicted octanol–water partition coefficient (Wildman–Crippen LogP) is 2.50.